The molecule has 0 amide bonds. The minimum Gasteiger partial charge on any atom is -0.479 e. The first-order valence-electron chi connectivity index (χ1n) is 3.80. The molecule has 0 bridgehead atoms. The third-order valence-corrected chi connectivity index (χ3v) is 1.95. The van der Waals surface area contributed by atoms with Gasteiger partial charge in [-0.2, -0.15) is 0 Å². The summed E-state index contributed by atoms with van der Waals surface area (Å²) in [7, 11) is 0. The van der Waals surface area contributed by atoms with Gasteiger partial charge in [0.15, 0.2) is 6.10 Å². The molecule has 0 heterocycles. The van der Waals surface area contributed by atoms with Crippen molar-refractivity contribution in [1.29, 1.82) is 0 Å². The summed E-state index contributed by atoms with van der Waals surface area (Å²) in [6, 6.07) is 4.82. The van der Waals surface area contributed by atoms with Crippen LogP contribution in [0.5, 0.6) is 0 Å². The van der Waals surface area contributed by atoms with Gasteiger partial charge in [0.05, 0.1) is 0 Å². The molecule has 0 aliphatic heterocycles. The maximum Gasteiger partial charge on any atom is 0.337 e. The number of nitrogens with two attached hydrogens (primary N) is 1. The molecule has 1 aromatic rings. The van der Waals surface area contributed by atoms with Crippen LogP contribution >= 0.6 is 0 Å². The fourth-order valence-corrected chi connectivity index (χ4v) is 1.10. The van der Waals surface area contributed by atoms with Gasteiger partial charge in [-0.15, -0.1) is 0 Å². The number of anilines is 1. The highest BCUT2D eigenvalue weighted by Crippen LogP contribution is 2.22. The first kappa shape index (κ1) is 9.54. The van der Waals surface area contributed by atoms with E-state index in [4.69, 9.17) is 10.8 Å². The van der Waals surface area contributed by atoms with Crippen LogP contribution < -0.4 is 5.73 Å². The molecule has 0 aliphatic rings. The summed E-state index contributed by atoms with van der Waals surface area (Å²) in [6.45, 7) is 1.68. The van der Waals surface area contributed by atoms with E-state index in [9.17, 15) is 9.90 Å². The molecule has 13 heavy (non-hydrogen) atoms. The summed E-state index contributed by atoms with van der Waals surface area (Å²) < 4.78 is 0. The van der Waals surface area contributed by atoms with Crippen molar-refractivity contribution in [3.8, 4) is 0 Å². The highest BCUT2D eigenvalue weighted by atomic mass is 16.4. The van der Waals surface area contributed by atoms with Crippen LogP contribution in [0.1, 0.15) is 17.2 Å². The smallest absolute Gasteiger partial charge is 0.337 e. The summed E-state index contributed by atoms with van der Waals surface area (Å²) >= 11 is 0. The number of carbonyl (C=O) groups is 1. The Morgan fingerprint density at radius 2 is 2.15 bits per heavy atom. The Hall–Kier alpha value is -1.55. The lowest BCUT2D eigenvalue weighted by atomic mass is 10.0. The van der Waals surface area contributed by atoms with E-state index in [1.807, 2.05) is 0 Å². The second-order valence-corrected chi connectivity index (χ2v) is 2.80. The number of carboxylic acids is 1. The molecule has 1 atom stereocenters. The van der Waals surface area contributed by atoms with Crippen molar-refractivity contribution in [3.63, 3.8) is 0 Å². The van der Waals surface area contributed by atoms with Gasteiger partial charge in [0, 0.05) is 5.69 Å². The van der Waals surface area contributed by atoms with Gasteiger partial charge in [-0.25, -0.2) is 4.79 Å². The van der Waals surface area contributed by atoms with E-state index < -0.39 is 12.1 Å². The standard InChI is InChI=1S/C9H11NO3/c1-5-6(8(11)9(12)13)3-2-4-7(5)10/h2-4,8,11H,10H2,1H3,(H,12,13). The number of hydrogen-bond donors (Lipinski definition) is 3. The van der Waals surface area contributed by atoms with Gasteiger partial charge in [-0.05, 0) is 24.1 Å². The van der Waals surface area contributed by atoms with Crippen LogP contribution in [0, 0.1) is 6.92 Å². The molecule has 1 aromatic carbocycles. The predicted molar refractivity (Wildman–Crippen MR) is 48.2 cm³/mol. The van der Waals surface area contributed by atoms with Crippen molar-refractivity contribution in [2.75, 3.05) is 5.73 Å². The maximum atomic E-state index is 10.5. The molecule has 70 valence electrons. The van der Waals surface area contributed by atoms with Crippen molar-refractivity contribution in [1.82, 2.24) is 0 Å². The molecular formula is C9H11NO3. The Morgan fingerprint density at radius 1 is 1.54 bits per heavy atom. The lowest BCUT2D eigenvalue weighted by molar-refractivity contribution is -0.147. The minimum absolute atomic E-state index is 0.340. The van der Waals surface area contributed by atoms with E-state index >= 15 is 0 Å². The number of aliphatic hydroxyl groups is 1. The Morgan fingerprint density at radius 3 is 2.69 bits per heavy atom. The Bertz CT molecular complexity index is 336. The van der Waals surface area contributed by atoms with E-state index in [2.05, 4.69) is 0 Å². The van der Waals surface area contributed by atoms with Crippen LogP contribution in [-0.2, 0) is 4.79 Å². The number of nitrogen functional groups attached to an aromatic ring is 1. The van der Waals surface area contributed by atoms with Gasteiger partial charge < -0.3 is 15.9 Å². The topological polar surface area (TPSA) is 83.5 Å². The number of carboxylic acid groups (broad SMARTS) is 1. The summed E-state index contributed by atoms with van der Waals surface area (Å²) in [5.74, 6) is -1.27. The first-order chi connectivity index (χ1) is 6.04. The quantitative estimate of drug-likeness (QED) is 0.586. The molecule has 1 rings (SSSR count). The second-order valence-electron chi connectivity index (χ2n) is 2.80. The molecule has 1 unspecified atom stereocenters. The Kier molecular flexibility index (Phi) is 2.53. The second kappa shape index (κ2) is 3.45. The highest BCUT2D eigenvalue weighted by Gasteiger charge is 2.18. The van der Waals surface area contributed by atoms with E-state index in [1.54, 1.807) is 25.1 Å². The molecule has 4 nitrogen and oxygen atoms in total. The molecule has 4 N–H and O–H groups in total. The molecule has 0 radical (unpaired) electrons. The monoisotopic (exact) mass is 181 g/mol. The molecular weight excluding hydrogens is 170 g/mol. The first-order valence-corrected chi connectivity index (χ1v) is 3.80. The zero-order valence-electron chi connectivity index (χ0n) is 7.19. The molecule has 0 spiro atoms. The number of benzene rings is 1. The van der Waals surface area contributed by atoms with Gasteiger partial charge in [0.25, 0.3) is 0 Å². The molecule has 4 heteroatoms. The van der Waals surface area contributed by atoms with Crippen molar-refractivity contribution in [2.45, 2.75) is 13.0 Å². The fourth-order valence-electron chi connectivity index (χ4n) is 1.10. The lowest BCUT2D eigenvalue weighted by Gasteiger charge is -2.10. The van der Waals surface area contributed by atoms with Crippen LogP contribution in [-0.4, -0.2) is 16.2 Å². The Labute approximate surface area is 75.6 Å². The SMILES string of the molecule is Cc1c(N)cccc1C(O)C(=O)O. The zero-order valence-corrected chi connectivity index (χ0v) is 7.19. The van der Waals surface area contributed by atoms with Crippen LogP contribution in [0.3, 0.4) is 0 Å². The fraction of sp³-hybridized carbons (Fsp3) is 0.222. The minimum atomic E-state index is -1.50. The van der Waals surface area contributed by atoms with Gasteiger partial charge in [-0.1, -0.05) is 12.1 Å². The average Bonchev–Trinajstić information content (AvgIpc) is 2.08. The summed E-state index contributed by atoms with van der Waals surface area (Å²) in [6.07, 6.45) is -1.50. The molecule has 0 aromatic heterocycles. The third-order valence-electron chi connectivity index (χ3n) is 1.95. The van der Waals surface area contributed by atoms with E-state index in [0.717, 1.165) is 0 Å². The van der Waals surface area contributed by atoms with Crippen molar-refractivity contribution in [2.24, 2.45) is 0 Å². The van der Waals surface area contributed by atoms with Gasteiger partial charge in [-0.3, -0.25) is 0 Å². The molecule has 0 aliphatic carbocycles. The van der Waals surface area contributed by atoms with Gasteiger partial charge in [0.1, 0.15) is 0 Å². The molecule has 0 fully saturated rings. The summed E-state index contributed by atoms with van der Waals surface area (Å²) in [5, 5.41) is 17.8. The lowest BCUT2D eigenvalue weighted by Crippen LogP contribution is -2.12. The molecule has 0 saturated carbocycles. The number of rotatable bonds is 2. The summed E-state index contributed by atoms with van der Waals surface area (Å²) in [4.78, 5) is 10.5. The van der Waals surface area contributed by atoms with Crippen LogP contribution in [0.4, 0.5) is 5.69 Å². The highest BCUT2D eigenvalue weighted by molar-refractivity contribution is 5.75. The van der Waals surface area contributed by atoms with Crippen LogP contribution in [0.2, 0.25) is 0 Å². The van der Waals surface area contributed by atoms with Crippen molar-refractivity contribution in [3.05, 3.63) is 29.3 Å². The summed E-state index contributed by atoms with van der Waals surface area (Å²) in [5.41, 5.74) is 6.99. The van der Waals surface area contributed by atoms with Crippen LogP contribution in [0.25, 0.3) is 0 Å². The Balaban J connectivity index is 3.15. The number of aliphatic carboxylic acids is 1. The maximum absolute atomic E-state index is 10.5. The third kappa shape index (κ3) is 1.78. The number of aliphatic hydroxyl groups excluding tert-OH is 1. The van der Waals surface area contributed by atoms with E-state index in [-0.39, 0.29) is 0 Å². The van der Waals surface area contributed by atoms with E-state index in [0.29, 0.717) is 16.8 Å². The van der Waals surface area contributed by atoms with Crippen molar-refractivity contribution < 1.29 is 15.0 Å². The van der Waals surface area contributed by atoms with Crippen molar-refractivity contribution >= 4 is 11.7 Å². The molecule has 0 saturated heterocycles. The zero-order chi connectivity index (χ0) is 10.0. The largest absolute Gasteiger partial charge is 0.479 e. The predicted octanol–water partition coefficient (Wildman–Crippen LogP) is 0.695. The average molecular weight is 181 g/mol. The van der Waals surface area contributed by atoms with Crippen LogP contribution in [0.15, 0.2) is 18.2 Å². The van der Waals surface area contributed by atoms with E-state index in [1.165, 1.54) is 0 Å². The van der Waals surface area contributed by atoms with Gasteiger partial charge in [0.2, 0.25) is 0 Å². The van der Waals surface area contributed by atoms with Gasteiger partial charge >= 0.3 is 5.97 Å². The number of hydrogen-bond acceptors (Lipinski definition) is 3. The normalized spacial score (nSPS) is 12.5.